The van der Waals surface area contributed by atoms with Gasteiger partial charge >= 0.3 is 0 Å². The summed E-state index contributed by atoms with van der Waals surface area (Å²) in [4.78, 5) is 23.7. The zero-order valence-electron chi connectivity index (χ0n) is 14.2. The first-order valence-corrected chi connectivity index (χ1v) is 8.15. The third kappa shape index (κ3) is 6.78. The van der Waals surface area contributed by atoms with Gasteiger partial charge in [0.05, 0.1) is 0 Å². The van der Waals surface area contributed by atoms with E-state index in [9.17, 15) is 9.59 Å². The van der Waals surface area contributed by atoms with Crippen molar-refractivity contribution < 1.29 is 9.59 Å². The largest absolute Gasteiger partial charge is 0.352 e. The predicted octanol–water partition coefficient (Wildman–Crippen LogP) is 3.08. The van der Waals surface area contributed by atoms with E-state index in [2.05, 4.69) is 22.9 Å². The van der Waals surface area contributed by atoms with Gasteiger partial charge in [0.2, 0.25) is 5.91 Å². The fourth-order valence-corrected chi connectivity index (χ4v) is 1.85. The number of thiocarbonyl (C=S) groups is 1. The van der Waals surface area contributed by atoms with Crippen LogP contribution in [0.4, 0.5) is 5.69 Å². The lowest BCUT2D eigenvalue weighted by molar-refractivity contribution is -0.126. The minimum Gasteiger partial charge on any atom is -0.352 e. The zero-order valence-corrected chi connectivity index (χ0v) is 15.0. The third-order valence-electron chi connectivity index (χ3n) is 3.13. The van der Waals surface area contributed by atoms with E-state index in [0.717, 1.165) is 12.8 Å². The highest BCUT2D eigenvalue weighted by Crippen LogP contribution is 2.13. The number of rotatable bonds is 5. The van der Waals surface area contributed by atoms with E-state index in [4.69, 9.17) is 12.2 Å². The van der Waals surface area contributed by atoms with Crippen molar-refractivity contribution in [2.75, 3.05) is 11.9 Å². The van der Waals surface area contributed by atoms with Crippen molar-refractivity contribution >= 4 is 34.8 Å². The van der Waals surface area contributed by atoms with Crippen LogP contribution in [-0.2, 0) is 4.79 Å². The van der Waals surface area contributed by atoms with Crippen molar-refractivity contribution in [1.29, 1.82) is 0 Å². The fraction of sp³-hybridized carbons (Fsp3) is 0.471. The van der Waals surface area contributed by atoms with Crippen LogP contribution in [0, 0.1) is 5.41 Å². The predicted molar refractivity (Wildman–Crippen MR) is 97.5 cm³/mol. The molecular weight excluding hydrogens is 310 g/mol. The Labute approximate surface area is 143 Å². The highest BCUT2D eigenvalue weighted by Gasteiger charge is 2.21. The maximum absolute atomic E-state index is 11.9. The molecule has 5 nitrogen and oxygen atoms in total. The van der Waals surface area contributed by atoms with Crippen molar-refractivity contribution in [1.82, 2.24) is 10.6 Å². The second kappa shape index (κ2) is 8.62. The van der Waals surface area contributed by atoms with E-state index in [-0.39, 0.29) is 16.9 Å². The van der Waals surface area contributed by atoms with Gasteiger partial charge in [-0.2, -0.15) is 0 Å². The minimum atomic E-state index is -0.508. The Morgan fingerprint density at radius 2 is 1.74 bits per heavy atom. The van der Waals surface area contributed by atoms with Gasteiger partial charge < -0.3 is 16.0 Å². The average Bonchev–Trinajstić information content (AvgIpc) is 2.47. The van der Waals surface area contributed by atoms with Gasteiger partial charge in [-0.3, -0.25) is 9.59 Å². The van der Waals surface area contributed by atoms with Gasteiger partial charge in [0, 0.05) is 23.2 Å². The topological polar surface area (TPSA) is 70.2 Å². The summed E-state index contributed by atoms with van der Waals surface area (Å²) >= 11 is 5.11. The first-order valence-electron chi connectivity index (χ1n) is 7.74. The number of anilines is 1. The Bertz CT molecular complexity index is 562. The van der Waals surface area contributed by atoms with Crippen LogP contribution in [0.1, 0.15) is 50.9 Å². The average molecular weight is 335 g/mol. The molecule has 2 amide bonds. The summed E-state index contributed by atoms with van der Waals surface area (Å²) in [6.07, 6.45) is 2.01. The Balaban J connectivity index is 2.55. The van der Waals surface area contributed by atoms with Gasteiger partial charge in [-0.1, -0.05) is 34.1 Å². The molecule has 0 aliphatic carbocycles. The Hall–Kier alpha value is -1.95. The lowest BCUT2D eigenvalue weighted by atomic mass is 9.96. The normalized spacial score (nSPS) is 10.8. The highest BCUT2D eigenvalue weighted by atomic mass is 32.1. The molecule has 0 bridgehead atoms. The Kier molecular flexibility index (Phi) is 7.16. The number of hydrogen-bond donors (Lipinski definition) is 3. The quantitative estimate of drug-likeness (QED) is 0.571. The van der Waals surface area contributed by atoms with Gasteiger partial charge in [0.25, 0.3) is 5.91 Å². The number of carbonyl (C=O) groups is 2. The molecule has 0 heterocycles. The summed E-state index contributed by atoms with van der Waals surface area (Å²) in [5.41, 5.74) is 0.803. The molecule has 0 aromatic heterocycles. The van der Waals surface area contributed by atoms with E-state index in [1.54, 1.807) is 24.3 Å². The number of benzene rings is 1. The van der Waals surface area contributed by atoms with E-state index in [1.807, 2.05) is 20.8 Å². The van der Waals surface area contributed by atoms with Gasteiger partial charge in [-0.25, -0.2) is 0 Å². The monoisotopic (exact) mass is 335 g/mol. The van der Waals surface area contributed by atoms with Crippen LogP contribution in [0.2, 0.25) is 0 Å². The van der Waals surface area contributed by atoms with Crippen LogP contribution >= 0.6 is 12.2 Å². The molecule has 23 heavy (non-hydrogen) atoms. The minimum absolute atomic E-state index is 0.0892. The number of hydrogen-bond acceptors (Lipinski definition) is 3. The molecule has 3 N–H and O–H groups in total. The summed E-state index contributed by atoms with van der Waals surface area (Å²) < 4.78 is 0. The molecule has 6 heteroatoms. The molecule has 1 rings (SSSR count). The molecule has 1 aromatic carbocycles. The molecule has 0 saturated heterocycles. The maximum Gasteiger partial charge on any atom is 0.251 e. The van der Waals surface area contributed by atoms with E-state index >= 15 is 0 Å². The maximum atomic E-state index is 11.9. The molecule has 0 saturated carbocycles. The molecule has 0 fully saturated rings. The van der Waals surface area contributed by atoms with Crippen molar-refractivity contribution in [2.45, 2.75) is 40.5 Å². The number of amides is 2. The summed E-state index contributed by atoms with van der Waals surface area (Å²) in [6.45, 7) is 8.21. The molecule has 0 spiro atoms. The van der Waals surface area contributed by atoms with Crippen LogP contribution in [0.5, 0.6) is 0 Å². The molecule has 0 atom stereocenters. The lowest BCUT2D eigenvalue weighted by Crippen LogP contribution is -2.41. The number of carbonyl (C=O) groups excluding carboxylic acids is 2. The van der Waals surface area contributed by atoms with Crippen molar-refractivity contribution in [2.24, 2.45) is 5.41 Å². The van der Waals surface area contributed by atoms with Gasteiger partial charge in [0.15, 0.2) is 5.11 Å². The summed E-state index contributed by atoms with van der Waals surface area (Å²) in [6, 6.07) is 6.95. The second-order valence-corrected chi connectivity index (χ2v) is 6.75. The van der Waals surface area contributed by atoms with Crippen LogP contribution in [0.15, 0.2) is 24.3 Å². The van der Waals surface area contributed by atoms with Crippen molar-refractivity contribution in [3.8, 4) is 0 Å². The summed E-state index contributed by atoms with van der Waals surface area (Å²) in [5.74, 6) is -0.240. The van der Waals surface area contributed by atoms with Gasteiger partial charge in [0.1, 0.15) is 0 Å². The first kappa shape index (κ1) is 19.1. The standard InChI is InChI=1S/C17H25N3O2S/c1-5-6-11-18-14(21)12-7-9-13(10-8-12)19-16(23)20-15(22)17(2,3)4/h7-10H,5-6,11H2,1-4H3,(H,18,21)(H2,19,20,22,23). The summed E-state index contributed by atoms with van der Waals surface area (Å²) in [7, 11) is 0. The van der Waals surface area contributed by atoms with Crippen molar-refractivity contribution in [3.05, 3.63) is 29.8 Å². The number of nitrogens with one attached hydrogen (secondary N) is 3. The number of unbranched alkanes of at least 4 members (excludes halogenated alkanes) is 1. The van der Waals surface area contributed by atoms with Crippen LogP contribution in [0.25, 0.3) is 0 Å². The molecule has 0 aliphatic rings. The molecule has 0 aliphatic heterocycles. The van der Waals surface area contributed by atoms with Crippen LogP contribution in [0.3, 0.4) is 0 Å². The molecule has 0 radical (unpaired) electrons. The molecule has 1 aromatic rings. The van der Waals surface area contributed by atoms with Gasteiger partial charge in [-0.05, 0) is 42.9 Å². The molecule has 126 valence electrons. The highest BCUT2D eigenvalue weighted by molar-refractivity contribution is 7.80. The zero-order chi connectivity index (χ0) is 17.5. The summed E-state index contributed by atoms with van der Waals surface area (Å²) in [5, 5.41) is 8.67. The Morgan fingerprint density at radius 3 is 2.26 bits per heavy atom. The van der Waals surface area contributed by atoms with Crippen LogP contribution in [-0.4, -0.2) is 23.5 Å². The smallest absolute Gasteiger partial charge is 0.251 e. The first-order chi connectivity index (χ1) is 10.7. The second-order valence-electron chi connectivity index (χ2n) is 6.35. The van der Waals surface area contributed by atoms with E-state index < -0.39 is 5.41 Å². The molecular formula is C17H25N3O2S. The van der Waals surface area contributed by atoms with E-state index in [1.165, 1.54) is 0 Å². The lowest BCUT2D eigenvalue weighted by Gasteiger charge is -2.18. The molecule has 0 unspecified atom stereocenters. The Morgan fingerprint density at radius 1 is 1.13 bits per heavy atom. The van der Waals surface area contributed by atoms with Gasteiger partial charge in [-0.15, -0.1) is 0 Å². The fourth-order valence-electron chi connectivity index (χ4n) is 1.64. The van der Waals surface area contributed by atoms with Crippen molar-refractivity contribution in [3.63, 3.8) is 0 Å². The van der Waals surface area contributed by atoms with E-state index in [0.29, 0.717) is 17.8 Å². The third-order valence-corrected chi connectivity index (χ3v) is 3.33. The SMILES string of the molecule is CCCCNC(=O)c1ccc(NC(=S)NC(=O)C(C)(C)C)cc1. The van der Waals surface area contributed by atoms with Crippen LogP contribution < -0.4 is 16.0 Å².